The van der Waals surface area contributed by atoms with Gasteiger partial charge in [-0.3, -0.25) is 9.58 Å². The normalized spacial score (nSPS) is 12.2. The lowest BCUT2D eigenvalue weighted by Gasteiger charge is -2.21. The Balaban J connectivity index is 1.49. The van der Waals surface area contributed by atoms with Crippen molar-refractivity contribution in [1.29, 1.82) is 0 Å². The molecule has 7 nitrogen and oxygen atoms in total. The third kappa shape index (κ3) is 7.40. The van der Waals surface area contributed by atoms with E-state index in [0.29, 0.717) is 24.6 Å². The Morgan fingerprint density at radius 2 is 1.84 bits per heavy atom. The second kappa shape index (κ2) is 11.5. The first kappa shape index (κ1) is 22.8. The molecule has 0 radical (unpaired) electrons. The number of rotatable bonds is 12. The van der Waals surface area contributed by atoms with Crippen molar-refractivity contribution in [2.45, 2.75) is 25.7 Å². The number of hydrogen-bond donors (Lipinski definition) is 2. The molecule has 0 saturated carbocycles. The van der Waals surface area contributed by atoms with Crippen LogP contribution in [0.3, 0.4) is 0 Å². The number of likely N-dealkylation sites (N-methyl/N-ethyl adjacent to an activating group) is 1. The largest absolute Gasteiger partial charge is 0.493 e. The highest BCUT2D eigenvalue weighted by Gasteiger charge is 2.12. The molecule has 7 heteroatoms. The van der Waals surface area contributed by atoms with Gasteiger partial charge in [0, 0.05) is 45.0 Å². The standard InChI is InChI=1S/C24H32N4O3/c1-27(15-19-7-5-4-6-8-19)17-22(29)18-31-24-11-20(9-10-23(24)30-3)12-25-13-21-14-26-28(2)16-21/h4-11,14,16,22,25,29H,12-13,15,17-18H2,1-3H3. The van der Waals surface area contributed by atoms with Crippen molar-refractivity contribution in [1.82, 2.24) is 20.0 Å². The van der Waals surface area contributed by atoms with Crippen LogP contribution in [0.2, 0.25) is 0 Å². The number of benzene rings is 2. The zero-order valence-corrected chi connectivity index (χ0v) is 18.5. The maximum Gasteiger partial charge on any atom is 0.161 e. The van der Waals surface area contributed by atoms with Gasteiger partial charge in [0.2, 0.25) is 0 Å². The number of methoxy groups -OCH3 is 1. The Morgan fingerprint density at radius 3 is 2.55 bits per heavy atom. The topological polar surface area (TPSA) is 71.8 Å². The number of ether oxygens (including phenoxy) is 2. The van der Waals surface area contributed by atoms with Gasteiger partial charge in [0.05, 0.1) is 13.3 Å². The summed E-state index contributed by atoms with van der Waals surface area (Å²) in [7, 11) is 5.52. The third-order valence-electron chi connectivity index (χ3n) is 4.89. The van der Waals surface area contributed by atoms with Crippen LogP contribution in [0.4, 0.5) is 0 Å². The molecule has 1 heterocycles. The van der Waals surface area contributed by atoms with Crippen LogP contribution in [-0.4, -0.2) is 53.2 Å². The molecule has 2 N–H and O–H groups in total. The SMILES string of the molecule is COc1ccc(CNCc2cnn(C)c2)cc1OCC(O)CN(C)Cc1ccccc1. The van der Waals surface area contributed by atoms with E-state index in [1.165, 1.54) is 5.56 Å². The molecule has 3 rings (SSSR count). The highest BCUT2D eigenvalue weighted by Crippen LogP contribution is 2.28. The number of aliphatic hydroxyl groups is 1. The fourth-order valence-electron chi connectivity index (χ4n) is 3.42. The average molecular weight is 425 g/mol. The molecule has 0 amide bonds. The molecular formula is C24H32N4O3. The molecule has 2 aromatic carbocycles. The molecular weight excluding hydrogens is 392 g/mol. The molecule has 1 aromatic heterocycles. The second-order valence-electron chi connectivity index (χ2n) is 7.76. The van der Waals surface area contributed by atoms with Gasteiger partial charge in [0.1, 0.15) is 12.7 Å². The zero-order chi connectivity index (χ0) is 22.1. The van der Waals surface area contributed by atoms with Crippen LogP contribution in [0, 0.1) is 0 Å². The highest BCUT2D eigenvalue weighted by atomic mass is 16.5. The maximum atomic E-state index is 10.4. The lowest BCUT2D eigenvalue weighted by atomic mass is 10.2. The predicted octanol–water partition coefficient (Wildman–Crippen LogP) is 2.59. The van der Waals surface area contributed by atoms with Crippen LogP contribution in [-0.2, 0) is 26.7 Å². The van der Waals surface area contributed by atoms with Crippen LogP contribution in [0.1, 0.15) is 16.7 Å². The van der Waals surface area contributed by atoms with Crippen LogP contribution in [0.5, 0.6) is 11.5 Å². The van der Waals surface area contributed by atoms with Gasteiger partial charge < -0.3 is 19.9 Å². The molecule has 0 saturated heterocycles. The summed E-state index contributed by atoms with van der Waals surface area (Å²) in [6.07, 6.45) is 3.24. The van der Waals surface area contributed by atoms with Crippen molar-refractivity contribution in [3.05, 3.63) is 77.6 Å². The van der Waals surface area contributed by atoms with Crippen molar-refractivity contribution >= 4 is 0 Å². The van der Waals surface area contributed by atoms with E-state index in [0.717, 1.165) is 24.2 Å². The second-order valence-corrected chi connectivity index (χ2v) is 7.76. The first-order valence-electron chi connectivity index (χ1n) is 10.4. The van der Waals surface area contributed by atoms with Crippen molar-refractivity contribution < 1.29 is 14.6 Å². The van der Waals surface area contributed by atoms with Gasteiger partial charge in [0.15, 0.2) is 11.5 Å². The number of nitrogens with one attached hydrogen (secondary N) is 1. The van der Waals surface area contributed by atoms with E-state index in [1.807, 2.05) is 62.9 Å². The van der Waals surface area contributed by atoms with Crippen molar-refractivity contribution in [3.8, 4) is 11.5 Å². The Hall–Kier alpha value is -2.87. The first-order chi connectivity index (χ1) is 15.0. The van der Waals surface area contributed by atoms with E-state index in [4.69, 9.17) is 9.47 Å². The summed E-state index contributed by atoms with van der Waals surface area (Å²) in [4.78, 5) is 2.08. The third-order valence-corrected chi connectivity index (χ3v) is 4.89. The number of hydrogen-bond acceptors (Lipinski definition) is 6. The molecule has 0 spiro atoms. The monoisotopic (exact) mass is 424 g/mol. The van der Waals surface area contributed by atoms with E-state index in [1.54, 1.807) is 11.8 Å². The Bertz CT molecular complexity index is 930. The van der Waals surface area contributed by atoms with Crippen molar-refractivity contribution in [2.75, 3.05) is 27.3 Å². The number of nitrogens with zero attached hydrogens (tertiary/aromatic N) is 3. The minimum absolute atomic E-state index is 0.196. The fraction of sp³-hybridized carbons (Fsp3) is 0.375. The quantitative estimate of drug-likeness (QED) is 0.466. The van der Waals surface area contributed by atoms with Crippen LogP contribution in [0.15, 0.2) is 60.9 Å². The predicted molar refractivity (Wildman–Crippen MR) is 121 cm³/mol. The lowest BCUT2D eigenvalue weighted by Crippen LogP contribution is -2.32. The van der Waals surface area contributed by atoms with E-state index in [9.17, 15) is 5.11 Å². The fourth-order valence-corrected chi connectivity index (χ4v) is 3.42. The summed E-state index contributed by atoms with van der Waals surface area (Å²) in [5.74, 6) is 1.29. The molecule has 0 aliphatic heterocycles. The van der Waals surface area contributed by atoms with E-state index < -0.39 is 6.10 Å². The molecule has 1 unspecified atom stereocenters. The summed E-state index contributed by atoms with van der Waals surface area (Å²) in [5, 5.41) is 18.0. The maximum absolute atomic E-state index is 10.4. The van der Waals surface area contributed by atoms with Gasteiger partial charge in [-0.1, -0.05) is 36.4 Å². The van der Waals surface area contributed by atoms with Gasteiger partial charge in [-0.05, 0) is 30.3 Å². The zero-order valence-electron chi connectivity index (χ0n) is 18.5. The minimum Gasteiger partial charge on any atom is -0.493 e. The Kier molecular flexibility index (Phi) is 8.46. The van der Waals surface area contributed by atoms with Crippen LogP contribution >= 0.6 is 0 Å². The van der Waals surface area contributed by atoms with Crippen molar-refractivity contribution in [2.24, 2.45) is 7.05 Å². The summed E-state index contributed by atoms with van der Waals surface area (Å²) < 4.78 is 13.1. The molecule has 0 bridgehead atoms. The van der Waals surface area contributed by atoms with Gasteiger partial charge >= 0.3 is 0 Å². The lowest BCUT2D eigenvalue weighted by molar-refractivity contribution is 0.0732. The van der Waals surface area contributed by atoms with Gasteiger partial charge in [-0.15, -0.1) is 0 Å². The van der Waals surface area contributed by atoms with Gasteiger partial charge in [0.25, 0.3) is 0 Å². The van der Waals surface area contributed by atoms with Crippen molar-refractivity contribution in [3.63, 3.8) is 0 Å². The molecule has 31 heavy (non-hydrogen) atoms. The average Bonchev–Trinajstić information content (AvgIpc) is 3.18. The molecule has 0 aliphatic rings. The number of aromatic nitrogens is 2. The first-order valence-corrected chi connectivity index (χ1v) is 10.4. The summed E-state index contributed by atoms with van der Waals surface area (Å²) >= 11 is 0. The molecule has 166 valence electrons. The van der Waals surface area contributed by atoms with E-state index >= 15 is 0 Å². The molecule has 1 atom stereocenters. The Morgan fingerprint density at radius 1 is 1.06 bits per heavy atom. The minimum atomic E-state index is -0.606. The highest BCUT2D eigenvalue weighted by molar-refractivity contribution is 5.43. The number of aryl methyl sites for hydroxylation is 1. The molecule has 0 aliphatic carbocycles. The van der Waals surface area contributed by atoms with Crippen LogP contribution in [0.25, 0.3) is 0 Å². The summed E-state index contributed by atoms with van der Waals surface area (Å²) in [6, 6.07) is 16.1. The summed E-state index contributed by atoms with van der Waals surface area (Å²) in [5.41, 5.74) is 3.43. The van der Waals surface area contributed by atoms with E-state index in [2.05, 4.69) is 27.4 Å². The van der Waals surface area contributed by atoms with Gasteiger partial charge in [-0.2, -0.15) is 5.10 Å². The Labute approximate surface area is 184 Å². The smallest absolute Gasteiger partial charge is 0.161 e. The number of aliphatic hydroxyl groups excluding tert-OH is 1. The summed E-state index contributed by atoms with van der Waals surface area (Å²) in [6.45, 7) is 2.92. The van der Waals surface area contributed by atoms with E-state index in [-0.39, 0.29) is 6.61 Å². The van der Waals surface area contributed by atoms with Crippen LogP contribution < -0.4 is 14.8 Å². The molecule has 3 aromatic rings. The molecule has 0 fully saturated rings. The van der Waals surface area contributed by atoms with Gasteiger partial charge in [-0.25, -0.2) is 0 Å².